The molecule has 4 rings (SSSR count). The molecule has 4 aromatic rings. The highest BCUT2D eigenvalue weighted by molar-refractivity contribution is 5.93. The summed E-state index contributed by atoms with van der Waals surface area (Å²) in [6.07, 6.45) is 1.74. The molecule has 0 bridgehead atoms. The number of carbonyl (C=O) groups is 1. The summed E-state index contributed by atoms with van der Waals surface area (Å²) >= 11 is 0. The van der Waals surface area contributed by atoms with E-state index in [0.717, 1.165) is 16.5 Å². The van der Waals surface area contributed by atoms with Crippen LogP contribution in [0.25, 0.3) is 22.2 Å². The Morgan fingerprint density at radius 1 is 1.17 bits per heavy atom. The topological polar surface area (TPSA) is 84.0 Å². The minimum atomic E-state index is -0.385. The smallest absolute Gasteiger partial charge is 0.274 e. The predicted octanol–water partition coefficient (Wildman–Crippen LogP) is 3.83. The molecule has 0 radical (unpaired) electrons. The van der Waals surface area contributed by atoms with Crippen molar-refractivity contribution >= 4 is 16.8 Å². The van der Waals surface area contributed by atoms with E-state index in [-0.39, 0.29) is 17.4 Å². The van der Waals surface area contributed by atoms with Gasteiger partial charge in [0.1, 0.15) is 17.3 Å². The van der Waals surface area contributed by atoms with Crippen molar-refractivity contribution in [2.75, 3.05) is 13.7 Å². The van der Waals surface area contributed by atoms with Gasteiger partial charge in [0.05, 0.1) is 18.3 Å². The van der Waals surface area contributed by atoms with Gasteiger partial charge in [-0.25, -0.2) is 4.39 Å². The zero-order valence-corrected chi connectivity index (χ0v) is 16.6. The molecule has 0 saturated carbocycles. The molecule has 0 aliphatic rings. The molecule has 0 fully saturated rings. The molecule has 1 N–H and O–H groups in total. The molecular formula is C22H20FN5O2. The number of hydrogen-bond acceptors (Lipinski definition) is 5. The lowest BCUT2D eigenvalue weighted by Crippen LogP contribution is -2.27. The van der Waals surface area contributed by atoms with Crippen LogP contribution < -0.4 is 4.74 Å². The summed E-state index contributed by atoms with van der Waals surface area (Å²) in [5, 5.41) is 16.2. The fourth-order valence-corrected chi connectivity index (χ4v) is 3.27. The fourth-order valence-electron chi connectivity index (χ4n) is 3.27. The zero-order chi connectivity index (χ0) is 21.1. The van der Waals surface area contributed by atoms with E-state index in [9.17, 15) is 9.18 Å². The van der Waals surface area contributed by atoms with Crippen molar-refractivity contribution in [1.29, 1.82) is 0 Å². The number of amides is 1. The van der Waals surface area contributed by atoms with Crippen molar-refractivity contribution in [2.45, 2.75) is 13.5 Å². The largest absolute Gasteiger partial charge is 0.491 e. The first-order chi connectivity index (χ1) is 14.6. The Balaban J connectivity index is 1.62. The summed E-state index contributed by atoms with van der Waals surface area (Å²) in [7, 11) is 1.69. The molecule has 0 aliphatic carbocycles. The SMILES string of the molecule is CCOc1cc(C(=O)N(C)Cc2cccc3cn[nH]c23)nnc1-c1cccc(F)c1. The first-order valence-corrected chi connectivity index (χ1v) is 9.49. The highest BCUT2D eigenvalue weighted by Crippen LogP contribution is 2.29. The third kappa shape index (κ3) is 3.84. The first-order valence-electron chi connectivity index (χ1n) is 9.49. The van der Waals surface area contributed by atoms with Crippen LogP contribution in [0.2, 0.25) is 0 Å². The van der Waals surface area contributed by atoms with E-state index in [1.807, 2.05) is 25.1 Å². The molecule has 7 nitrogen and oxygen atoms in total. The highest BCUT2D eigenvalue weighted by atomic mass is 19.1. The number of ether oxygens (including phenoxy) is 1. The van der Waals surface area contributed by atoms with Crippen LogP contribution in [0.1, 0.15) is 23.0 Å². The Labute approximate surface area is 172 Å². The minimum absolute atomic E-state index is 0.151. The molecule has 0 aliphatic heterocycles. The Hall–Kier alpha value is -3.81. The molecule has 0 saturated heterocycles. The molecule has 152 valence electrons. The van der Waals surface area contributed by atoms with Gasteiger partial charge in [-0.15, -0.1) is 10.2 Å². The van der Waals surface area contributed by atoms with Crippen molar-refractivity contribution in [2.24, 2.45) is 0 Å². The van der Waals surface area contributed by atoms with Crippen molar-refractivity contribution in [3.63, 3.8) is 0 Å². The third-order valence-corrected chi connectivity index (χ3v) is 4.69. The average molecular weight is 405 g/mol. The van der Waals surface area contributed by atoms with Gasteiger partial charge in [-0.05, 0) is 24.6 Å². The predicted molar refractivity (Wildman–Crippen MR) is 110 cm³/mol. The number of nitrogens with zero attached hydrogens (tertiary/aromatic N) is 4. The first kappa shape index (κ1) is 19.5. The molecule has 0 atom stereocenters. The number of aromatic amines is 1. The van der Waals surface area contributed by atoms with Gasteiger partial charge in [0.2, 0.25) is 0 Å². The Kier molecular flexibility index (Phi) is 5.38. The maximum Gasteiger partial charge on any atom is 0.274 e. The highest BCUT2D eigenvalue weighted by Gasteiger charge is 2.19. The number of para-hydroxylation sites is 1. The second-order valence-electron chi connectivity index (χ2n) is 6.80. The van der Waals surface area contributed by atoms with Crippen molar-refractivity contribution in [1.82, 2.24) is 25.3 Å². The van der Waals surface area contributed by atoms with Crippen LogP contribution in [0.15, 0.2) is 54.7 Å². The molecule has 1 amide bonds. The Bertz CT molecular complexity index is 1210. The minimum Gasteiger partial charge on any atom is -0.491 e. The van der Waals surface area contributed by atoms with Crippen LogP contribution in [-0.4, -0.2) is 44.9 Å². The second-order valence-corrected chi connectivity index (χ2v) is 6.80. The Morgan fingerprint density at radius 3 is 2.80 bits per heavy atom. The fraction of sp³-hybridized carbons (Fsp3) is 0.182. The summed E-state index contributed by atoms with van der Waals surface area (Å²) in [5.74, 6) is -0.305. The lowest BCUT2D eigenvalue weighted by molar-refractivity contribution is 0.0778. The molecule has 2 aromatic heterocycles. The van der Waals surface area contributed by atoms with Gasteiger partial charge >= 0.3 is 0 Å². The second kappa shape index (κ2) is 8.28. The van der Waals surface area contributed by atoms with Gasteiger partial charge in [-0.2, -0.15) is 5.10 Å². The number of aromatic nitrogens is 4. The number of rotatable bonds is 6. The average Bonchev–Trinajstić information content (AvgIpc) is 3.23. The van der Waals surface area contributed by atoms with Gasteiger partial charge in [0.25, 0.3) is 5.91 Å². The number of nitrogens with one attached hydrogen (secondary N) is 1. The molecule has 0 unspecified atom stereocenters. The number of H-pyrrole nitrogens is 1. The van der Waals surface area contributed by atoms with E-state index in [0.29, 0.717) is 30.2 Å². The molecule has 2 aromatic carbocycles. The Morgan fingerprint density at radius 2 is 2.00 bits per heavy atom. The number of halogens is 1. The van der Waals surface area contributed by atoms with Crippen LogP contribution in [-0.2, 0) is 6.54 Å². The van der Waals surface area contributed by atoms with E-state index in [1.54, 1.807) is 36.3 Å². The molecule has 8 heteroatoms. The number of benzene rings is 2. The van der Waals surface area contributed by atoms with Gasteiger partial charge in [-0.3, -0.25) is 9.89 Å². The maximum absolute atomic E-state index is 13.6. The van der Waals surface area contributed by atoms with Crippen LogP contribution >= 0.6 is 0 Å². The van der Waals surface area contributed by atoms with E-state index >= 15 is 0 Å². The summed E-state index contributed by atoms with van der Waals surface area (Å²) in [6.45, 7) is 2.57. The molecule has 2 heterocycles. The summed E-state index contributed by atoms with van der Waals surface area (Å²) in [4.78, 5) is 14.5. The number of carbonyl (C=O) groups excluding carboxylic acids is 1. The number of hydrogen-bond donors (Lipinski definition) is 1. The van der Waals surface area contributed by atoms with E-state index < -0.39 is 0 Å². The number of fused-ring (bicyclic) bond motifs is 1. The maximum atomic E-state index is 13.6. The van der Waals surface area contributed by atoms with Crippen molar-refractivity contribution in [3.05, 3.63) is 71.8 Å². The summed E-state index contributed by atoms with van der Waals surface area (Å²) < 4.78 is 19.3. The normalized spacial score (nSPS) is 10.9. The zero-order valence-electron chi connectivity index (χ0n) is 16.6. The van der Waals surface area contributed by atoms with Crippen LogP contribution in [0.3, 0.4) is 0 Å². The van der Waals surface area contributed by atoms with Crippen LogP contribution in [0.4, 0.5) is 4.39 Å². The quantitative estimate of drug-likeness (QED) is 0.527. The van der Waals surface area contributed by atoms with E-state index in [1.165, 1.54) is 12.1 Å². The lowest BCUT2D eigenvalue weighted by atomic mass is 10.1. The van der Waals surface area contributed by atoms with Gasteiger partial charge in [-0.1, -0.05) is 30.3 Å². The standard InChI is InChI=1S/C22H20FN5O2/c1-3-30-19-11-18(25-27-21(19)14-6-5-9-17(23)10-14)22(29)28(2)13-16-8-4-7-15-12-24-26-20(15)16/h4-12H,3,13H2,1-2H3,(H,24,26). The van der Waals surface area contributed by atoms with Crippen molar-refractivity contribution < 1.29 is 13.9 Å². The molecule has 30 heavy (non-hydrogen) atoms. The van der Waals surface area contributed by atoms with Gasteiger partial charge < -0.3 is 9.64 Å². The van der Waals surface area contributed by atoms with Gasteiger partial charge in [0, 0.05) is 30.6 Å². The molecule has 0 spiro atoms. The monoisotopic (exact) mass is 405 g/mol. The summed E-state index contributed by atoms with van der Waals surface area (Å²) in [5.41, 5.74) is 2.90. The van der Waals surface area contributed by atoms with E-state index in [2.05, 4.69) is 20.4 Å². The van der Waals surface area contributed by atoms with Gasteiger partial charge in [0.15, 0.2) is 5.69 Å². The van der Waals surface area contributed by atoms with Crippen LogP contribution in [0, 0.1) is 5.82 Å². The third-order valence-electron chi connectivity index (χ3n) is 4.69. The van der Waals surface area contributed by atoms with Crippen LogP contribution in [0.5, 0.6) is 5.75 Å². The summed E-state index contributed by atoms with van der Waals surface area (Å²) in [6, 6.07) is 13.4. The lowest BCUT2D eigenvalue weighted by Gasteiger charge is -2.18. The molecular weight excluding hydrogens is 385 g/mol. The van der Waals surface area contributed by atoms with Crippen molar-refractivity contribution in [3.8, 4) is 17.0 Å². The van der Waals surface area contributed by atoms with E-state index in [4.69, 9.17) is 4.74 Å².